The van der Waals surface area contributed by atoms with Crippen LogP contribution in [0.5, 0.6) is 0 Å². The van der Waals surface area contributed by atoms with Crippen molar-refractivity contribution in [2.45, 2.75) is 52.4 Å². The fourth-order valence-electron chi connectivity index (χ4n) is 1.63. The summed E-state index contributed by atoms with van der Waals surface area (Å²) in [5.41, 5.74) is 0.774. The molecule has 0 saturated heterocycles. The molecule has 1 fully saturated rings. The average molecular weight is 126 g/mol. The van der Waals surface area contributed by atoms with Gasteiger partial charge >= 0.3 is 0 Å². The van der Waals surface area contributed by atoms with Gasteiger partial charge in [-0.2, -0.15) is 0 Å². The van der Waals surface area contributed by atoms with E-state index in [-0.39, 0.29) is 0 Å². The predicted molar refractivity (Wildman–Crippen MR) is 41.5 cm³/mol. The summed E-state index contributed by atoms with van der Waals surface area (Å²) in [7, 11) is 0. The Balaban J connectivity index is 2.09. The van der Waals surface area contributed by atoms with Gasteiger partial charge in [0, 0.05) is 0 Å². The first-order valence-corrected chi connectivity index (χ1v) is 4.27. The van der Waals surface area contributed by atoms with Crippen molar-refractivity contribution in [3.8, 4) is 0 Å². The molecule has 0 N–H and O–H groups in total. The molecule has 1 saturated carbocycles. The van der Waals surface area contributed by atoms with Crippen LogP contribution in [0, 0.1) is 5.41 Å². The molecule has 1 aliphatic rings. The smallest absolute Gasteiger partial charge is 0.0326 e. The third-order valence-electron chi connectivity index (χ3n) is 2.69. The third-order valence-corrected chi connectivity index (χ3v) is 2.69. The molecule has 0 spiro atoms. The lowest BCUT2D eigenvalue weighted by Crippen LogP contribution is -2.24. The Morgan fingerprint density at radius 1 is 1.33 bits per heavy atom. The van der Waals surface area contributed by atoms with E-state index in [1.807, 2.05) is 0 Å². The second-order valence-corrected chi connectivity index (χ2v) is 3.77. The van der Waals surface area contributed by atoms with Gasteiger partial charge in [-0.05, 0) is 24.7 Å². The van der Waals surface area contributed by atoms with Crippen LogP contribution in [0.25, 0.3) is 0 Å². The van der Waals surface area contributed by atoms with E-state index in [0.29, 0.717) is 0 Å². The quantitative estimate of drug-likeness (QED) is 0.544. The van der Waals surface area contributed by atoms with E-state index in [0.717, 1.165) is 5.41 Å². The highest BCUT2D eigenvalue weighted by Crippen LogP contribution is 2.44. The molecule has 0 heteroatoms. The van der Waals surface area contributed by atoms with E-state index in [2.05, 4.69) is 13.8 Å². The summed E-state index contributed by atoms with van der Waals surface area (Å²) in [6.07, 6.45) is 8.76. The molecule has 0 aromatic heterocycles. The zero-order chi connectivity index (χ0) is 6.74. The molecule has 0 aromatic rings. The molecule has 0 radical (unpaired) electrons. The number of rotatable bonds is 3. The highest BCUT2D eigenvalue weighted by atomic mass is 14.4. The first-order chi connectivity index (χ1) is 4.27. The Labute approximate surface area is 58.7 Å². The molecule has 0 nitrogen and oxygen atoms in total. The van der Waals surface area contributed by atoms with Crippen LogP contribution in [0.4, 0.5) is 0 Å². The number of hydrogen-bond donors (Lipinski definition) is 0. The van der Waals surface area contributed by atoms with Crippen LogP contribution in [-0.4, -0.2) is 0 Å². The monoisotopic (exact) mass is 126 g/mol. The van der Waals surface area contributed by atoms with Crippen LogP contribution in [0.1, 0.15) is 52.4 Å². The minimum atomic E-state index is 0.774. The second kappa shape index (κ2) is 2.72. The van der Waals surface area contributed by atoms with Crippen molar-refractivity contribution in [2.24, 2.45) is 5.41 Å². The summed E-state index contributed by atoms with van der Waals surface area (Å²) >= 11 is 0. The van der Waals surface area contributed by atoms with Gasteiger partial charge in [0.25, 0.3) is 0 Å². The highest BCUT2D eigenvalue weighted by Gasteiger charge is 2.30. The van der Waals surface area contributed by atoms with Crippen molar-refractivity contribution in [3.63, 3.8) is 0 Å². The van der Waals surface area contributed by atoms with Crippen molar-refractivity contribution in [1.29, 1.82) is 0 Å². The summed E-state index contributed by atoms with van der Waals surface area (Å²) in [6, 6.07) is 0. The summed E-state index contributed by atoms with van der Waals surface area (Å²) in [4.78, 5) is 0. The Morgan fingerprint density at radius 3 is 2.33 bits per heavy atom. The van der Waals surface area contributed by atoms with Crippen LogP contribution < -0.4 is 0 Å². The van der Waals surface area contributed by atoms with Gasteiger partial charge in [-0.15, -0.1) is 0 Å². The fraction of sp³-hybridized carbons (Fsp3) is 1.00. The molecule has 54 valence electrons. The lowest BCUT2D eigenvalue weighted by atomic mass is 9.68. The molecule has 0 atom stereocenters. The molecule has 0 aromatic carbocycles. The van der Waals surface area contributed by atoms with Gasteiger partial charge in [0.1, 0.15) is 0 Å². The van der Waals surface area contributed by atoms with Gasteiger partial charge in [-0.25, -0.2) is 0 Å². The van der Waals surface area contributed by atoms with E-state index < -0.39 is 0 Å². The normalized spacial score (nSPS) is 23.3. The van der Waals surface area contributed by atoms with Crippen LogP contribution in [0.15, 0.2) is 0 Å². The highest BCUT2D eigenvalue weighted by molar-refractivity contribution is 4.82. The van der Waals surface area contributed by atoms with Gasteiger partial charge in [0.15, 0.2) is 0 Å². The molecular formula is C9H18. The van der Waals surface area contributed by atoms with Crippen molar-refractivity contribution < 1.29 is 0 Å². The lowest BCUT2D eigenvalue weighted by molar-refractivity contribution is 0.142. The topological polar surface area (TPSA) is 0 Å². The van der Waals surface area contributed by atoms with Gasteiger partial charge in [-0.3, -0.25) is 0 Å². The summed E-state index contributed by atoms with van der Waals surface area (Å²) in [5, 5.41) is 0. The molecule has 0 amide bonds. The SMILES string of the molecule is CCCCC1(C)CCC1. The van der Waals surface area contributed by atoms with Gasteiger partial charge in [0.2, 0.25) is 0 Å². The Kier molecular flexibility index (Phi) is 2.15. The minimum Gasteiger partial charge on any atom is -0.0654 e. The van der Waals surface area contributed by atoms with Crippen molar-refractivity contribution in [3.05, 3.63) is 0 Å². The maximum Gasteiger partial charge on any atom is -0.0326 e. The molecule has 9 heavy (non-hydrogen) atoms. The first-order valence-electron chi connectivity index (χ1n) is 4.27. The fourth-order valence-corrected chi connectivity index (χ4v) is 1.63. The molecular weight excluding hydrogens is 108 g/mol. The van der Waals surface area contributed by atoms with Crippen LogP contribution in [0.2, 0.25) is 0 Å². The van der Waals surface area contributed by atoms with E-state index in [9.17, 15) is 0 Å². The number of hydrogen-bond acceptors (Lipinski definition) is 0. The average Bonchev–Trinajstić information content (AvgIpc) is 1.79. The van der Waals surface area contributed by atoms with Gasteiger partial charge in [0.05, 0.1) is 0 Å². The van der Waals surface area contributed by atoms with Gasteiger partial charge < -0.3 is 0 Å². The molecule has 0 aliphatic heterocycles. The minimum absolute atomic E-state index is 0.774. The second-order valence-electron chi connectivity index (χ2n) is 3.77. The first kappa shape index (κ1) is 7.11. The van der Waals surface area contributed by atoms with E-state index >= 15 is 0 Å². The third kappa shape index (κ3) is 1.70. The van der Waals surface area contributed by atoms with Crippen molar-refractivity contribution in [1.82, 2.24) is 0 Å². The van der Waals surface area contributed by atoms with Crippen molar-refractivity contribution in [2.75, 3.05) is 0 Å². The zero-order valence-corrected chi connectivity index (χ0v) is 6.74. The summed E-state index contributed by atoms with van der Waals surface area (Å²) < 4.78 is 0. The van der Waals surface area contributed by atoms with Crippen LogP contribution >= 0.6 is 0 Å². The molecule has 0 heterocycles. The van der Waals surface area contributed by atoms with E-state index in [1.165, 1.54) is 38.5 Å². The number of unbranched alkanes of at least 4 members (excludes halogenated alkanes) is 1. The standard InChI is InChI=1S/C9H18/c1-3-4-6-9(2)7-5-8-9/h3-8H2,1-2H3. The Morgan fingerprint density at radius 2 is 2.00 bits per heavy atom. The summed E-state index contributed by atoms with van der Waals surface area (Å²) in [6.45, 7) is 4.72. The Hall–Kier alpha value is 0. The van der Waals surface area contributed by atoms with Crippen LogP contribution in [-0.2, 0) is 0 Å². The largest absolute Gasteiger partial charge is 0.0654 e. The van der Waals surface area contributed by atoms with Crippen LogP contribution in [0.3, 0.4) is 0 Å². The predicted octanol–water partition coefficient (Wildman–Crippen LogP) is 3.37. The molecule has 0 unspecified atom stereocenters. The maximum absolute atomic E-state index is 2.44. The van der Waals surface area contributed by atoms with Gasteiger partial charge in [-0.1, -0.05) is 33.1 Å². The zero-order valence-electron chi connectivity index (χ0n) is 6.74. The molecule has 1 aliphatic carbocycles. The van der Waals surface area contributed by atoms with E-state index in [1.54, 1.807) is 0 Å². The van der Waals surface area contributed by atoms with Crippen molar-refractivity contribution >= 4 is 0 Å². The molecule has 1 rings (SSSR count). The van der Waals surface area contributed by atoms with E-state index in [4.69, 9.17) is 0 Å². The summed E-state index contributed by atoms with van der Waals surface area (Å²) in [5.74, 6) is 0. The molecule has 0 bridgehead atoms. The lowest BCUT2D eigenvalue weighted by Gasteiger charge is -2.38. The maximum atomic E-state index is 2.44. The Bertz CT molecular complexity index is 80.0.